The Morgan fingerprint density at radius 1 is 1.47 bits per heavy atom. The first-order chi connectivity index (χ1) is 7.15. The Kier molecular flexibility index (Phi) is 3.42. The normalized spacial score (nSPS) is 26.9. The third-order valence-electron chi connectivity index (χ3n) is 3.25. The monoisotopic (exact) mass is 224 g/mol. The van der Waals surface area contributed by atoms with Crippen molar-refractivity contribution < 1.29 is 0 Å². The molecule has 1 saturated heterocycles. The fraction of sp³-hybridized carbons (Fsp3) is 0.750. The SMILES string of the molecule is Cc1nc(CC2CC(C)CCN2)sc1C. The van der Waals surface area contributed by atoms with Crippen molar-refractivity contribution in [2.45, 2.75) is 46.1 Å². The van der Waals surface area contributed by atoms with Gasteiger partial charge in [0, 0.05) is 17.3 Å². The maximum atomic E-state index is 4.61. The zero-order chi connectivity index (χ0) is 10.8. The predicted molar refractivity (Wildman–Crippen MR) is 65.5 cm³/mol. The number of aryl methyl sites for hydroxylation is 2. The van der Waals surface area contributed by atoms with Crippen LogP contribution in [0, 0.1) is 19.8 Å². The lowest BCUT2D eigenvalue weighted by molar-refractivity contribution is 0.318. The molecule has 1 N–H and O–H groups in total. The van der Waals surface area contributed by atoms with Gasteiger partial charge in [0.25, 0.3) is 0 Å². The van der Waals surface area contributed by atoms with E-state index in [1.165, 1.54) is 35.0 Å². The lowest BCUT2D eigenvalue weighted by atomic mass is 9.93. The Labute approximate surface area is 96.1 Å². The molecule has 3 heteroatoms. The molecule has 0 aliphatic carbocycles. The quantitative estimate of drug-likeness (QED) is 0.835. The average molecular weight is 224 g/mol. The molecule has 2 atom stereocenters. The van der Waals surface area contributed by atoms with Crippen LogP contribution in [0.15, 0.2) is 0 Å². The summed E-state index contributed by atoms with van der Waals surface area (Å²) in [7, 11) is 0. The molecule has 1 aliphatic rings. The van der Waals surface area contributed by atoms with Crippen molar-refractivity contribution in [2.24, 2.45) is 5.92 Å². The first-order valence-corrected chi connectivity index (χ1v) is 6.63. The first-order valence-electron chi connectivity index (χ1n) is 5.81. The summed E-state index contributed by atoms with van der Waals surface area (Å²) < 4.78 is 0. The Morgan fingerprint density at radius 3 is 2.87 bits per heavy atom. The topological polar surface area (TPSA) is 24.9 Å². The molecule has 1 aromatic rings. The van der Waals surface area contributed by atoms with Crippen molar-refractivity contribution >= 4 is 11.3 Å². The van der Waals surface area contributed by atoms with E-state index in [4.69, 9.17) is 0 Å². The van der Waals surface area contributed by atoms with Gasteiger partial charge >= 0.3 is 0 Å². The summed E-state index contributed by atoms with van der Waals surface area (Å²) in [4.78, 5) is 5.98. The van der Waals surface area contributed by atoms with E-state index < -0.39 is 0 Å². The smallest absolute Gasteiger partial charge is 0.0946 e. The van der Waals surface area contributed by atoms with Gasteiger partial charge in [0.15, 0.2) is 0 Å². The number of rotatable bonds is 2. The fourth-order valence-corrected chi connectivity index (χ4v) is 3.23. The van der Waals surface area contributed by atoms with E-state index in [9.17, 15) is 0 Å². The van der Waals surface area contributed by atoms with Crippen LogP contribution in [0.25, 0.3) is 0 Å². The lowest BCUT2D eigenvalue weighted by Crippen LogP contribution is -2.38. The van der Waals surface area contributed by atoms with Gasteiger partial charge in [-0.2, -0.15) is 0 Å². The van der Waals surface area contributed by atoms with Crippen LogP contribution in [0.1, 0.15) is 35.3 Å². The highest BCUT2D eigenvalue weighted by Crippen LogP contribution is 2.22. The van der Waals surface area contributed by atoms with Crippen LogP contribution < -0.4 is 5.32 Å². The van der Waals surface area contributed by atoms with E-state index in [0.717, 1.165) is 12.3 Å². The molecule has 84 valence electrons. The molecule has 1 aromatic heterocycles. The molecular weight excluding hydrogens is 204 g/mol. The molecule has 0 spiro atoms. The number of nitrogens with one attached hydrogen (secondary N) is 1. The number of hydrogen-bond donors (Lipinski definition) is 1. The van der Waals surface area contributed by atoms with E-state index >= 15 is 0 Å². The van der Waals surface area contributed by atoms with Crippen LogP contribution in [0.5, 0.6) is 0 Å². The molecule has 15 heavy (non-hydrogen) atoms. The molecule has 2 heterocycles. The first kappa shape index (κ1) is 11.1. The molecule has 1 fully saturated rings. The fourth-order valence-electron chi connectivity index (χ4n) is 2.21. The van der Waals surface area contributed by atoms with Crippen LogP contribution >= 0.6 is 11.3 Å². The molecule has 0 radical (unpaired) electrons. The Hall–Kier alpha value is -0.410. The average Bonchev–Trinajstić information content (AvgIpc) is 2.45. The molecule has 2 rings (SSSR count). The van der Waals surface area contributed by atoms with Crippen LogP contribution in [-0.2, 0) is 6.42 Å². The number of hydrogen-bond acceptors (Lipinski definition) is 3. The minimum atomic E-state index is 0.652. The van der Waals surface area contributed by atoms with Crippen molar-refractivity contribution in [3.05, 3.63) is 15.6 Å². The summed E-state index contributed by atoms with van der Waals surface area (Å²) in [5.74, 6) is 0.874. The van der Waals surface area contributed by atoms with Crippen molar-refractivity contribution in [1.82, 2.24) is 10.3 Å². The van der Waals surface area contributed by atoms with Crippen molar-refractivity contribution in [1.29, 1.82) is 0 Å². The summed E-state index contributed by atoms with van der Waals surface area (Å²) in [5, 5.41) is 4.90. The standard InChI is InChI=1S/C12H20N2S/c1-8-4-5-13-11(6-8)7-12-14-9(2)10(3)15-12/h8,11,13H,4-7H2,1-3H3. The van der Waals surface area contributed by atoms with E-state index in [1.807, 2.05) is 11.3 Å². The highest BCUT2D eigenvalue weighted by molar-refractivity contribution is 7.11. The van der Waals surface area contributed by atoms with Gasteiger partial charge < -0.3 is 5.32 Å². The molecule has 0 amide bonds. The van der Waals surface area contributed by atoms with Gasteiger partial charge in [-0.1, -0.05) is 6.92 Å². The third kappa shape index (κ3) is 2.79. The van der Waals surface area contributed by atoms with Gasteiger partial charge in [0.1, 0.15) is 0 Å². The van der Waals surface area contributed by atoms with Crippen molar-refractivity contribution in [2.75, 3.05) is 6.54 Å². The summed E-state index contributed by atoms with van der Waals surface area (Å²) in [6.07, 6.45) is 3.74. The van der Waals surface area contributed by atoms with Gasteiger partial charge in [0.2, 0.25) is 0 Å². The second-order valence-electron chi connectivity index (χ2n) is 4.73. The minimum absolute atomic E-state index is 0.652. The van der Waals surface area contributed by atoms with Crippen molar-refractivity contribution in [3.63, 3.8) is 0 Å². The van der Waals surface area contributed by atoms with Gasteiger partial charge in [-0.3, -0.25) is 0 Å². The van der Waals surface area contributed by atoms with Gasteiger partial charge in [-0.15, -0.1) is 11.3 Å². The zero-order valence-electron chi connectivity index (χ0n) is 9.84. The number of piperidine rings is 1. The molecule has 0 saturated carbocycles. The van der Waals surface area contributed by atoms with E-state index in [0.29, 0.717) is 6.04 Å². The zero-order valence-corrected chi connectivity index (χ0v) is 10.7. The summed E-state index contributed by atoms with van der Waals surface area (Å²) in [6.45, 7) is 7.79. The molecule has 0 aromatic carbocycles. The van der Waals surface area contributed by atoms with E-state index in [2.05, 4.69) is 31.1 Å². The second-order valence-corrected chi connectivity index (χ2v) is 6.02. The Bertz CT molecular complexity index is 313. The molecule has 2 nitrogen and oxygen atoms in total. The summed E-state index contributed by atoms with van der Waals surface area (Å²) in [5.41, 5.74) is 1.21. The van der Waals surface area contributed by atoms with E-state index in [-0.39, 0.29) is 0 Å². The number of nitrogens with zero attached hydrogens (tertiary/aromatic N) is 1. The maximum Gasteiger partial charge on any atom is 0.0946 e. The van der Waals surface area contributed by atoms with Gasteiger partial charge in [-0.05, 0) is 39.2 Å². The number of aromatic nitrogens is 1. The minimum Gasteiger partial charge on any atom is -0.314 e. The van der Waals surface area contributed by atoms with E-state index in [1.54, 1.807) is 0 Å². The van der Waals surface area contributed by atoms with Crippen molar-refractivity contribution in [3.8, 4) is 0 Å². The molecular formula is C12H20N2S. The lowest BCUT2D eigenvalue weighted by Gasteiger charge is -2.27. The highest BCUT2D eigenvalue weighted by atomic mass is 32.1. The highest BCUT2D eigenvalue weighted by Gasteiger charge is 2.19. The molecule has 2 unspecified atom stereocenters. The van der Waals surface area contributed by atoms with Crippen LogP contribution in [0.4, 0.5) is 0 Å². The summed E-state index contributed by atoms with van der Waals surface area (Å²) >= 11 is 1.86. The second kappa shape index (κ2) is 4.62. The van der Waals surface area contributed by atoms with Crippen LogP contribution in [0.2, 0.25) is 0 Å². The van der Waals surface area contributed by atoms with Crippen LogP contribution in [-0.4, -0.2) is 17.6 Å². The molecule has 1 aliphatic heterocycles. The van der Waals surface area contributed by atoms with Gasteiger partial charge in [-0.25, -0.2) is 4.98 Å². The number of thiazole rings is 1. The van der Waals surface area contributed by atoms with Gasteiger partial charge in [0.05, 0.1) is 10.7 Å². The Morgan fingerprint density at radius 2 is 2.27 bits per heavy atom. The maximum absolute atomic E-state index is 4.61. The molecule has 0 bridgehead atoms. The van der Waals surface area contributed by atoms with Crippen LogP contribution in [0.3, 0.4) is 0 Å². The Balaban J connectivity index is 1.96. The largest absolute Gasteiger partial charge is 0.314 e. The predicted octanol–water partition coefficient (Wildman–Crippen LogP) is 2.69. The third-order valence-corrected chi connectivity index (χ3v) is 4.35. The summed E-state index contributed by atoms with van der Waals surface area (Å²) in [6, 6.07) is 0.652.